The number of halogens is 4. The smallest absolute Gasteiger partial charge is 0.200 e. The molecule has 2 rings (SSSR count). The van der Waals surface area contributed by atoms with Gasteiger partial charge in [0, 0.05) is 16.7 Å². The molecule has 0 radical (unpaired) electrons. The fourth-order valence-electron chi connectivity index (χ4n) is 1.59. The van der Waals surface area contributed by atoms with Gasteiger partial charge in [-0.3, -0.25) is 0 Å². The van der Waals surface area contributed by atoms with Crippen LogP contribution in [0.4, 0.5) is 18.9 Å². The Balaban J connectivity index is 1.87. The van der Waals surface area contributed by atoms with Crippen molar-refractivity contribution in [1.82, 2.24) is 0 Å². The highest BCUT2D eigenvalue weighted by Crippen LogP contribution is 2.25. The minimum atomic E-state index is -1.03. The van der Waals surface area contributed by atoms with E-state index in [9.17, 15) is 13.2 Å². The molecule has 0 fully saturated rings. The Hall–Kier alpha value is -1.69. The molecule has 2 aromatic rings. The Bertz CT molecular complexity index is 607. The van der Waals surface area contributed by atoms with Gasteiger partial charge in [-0.2, -0.15) is 4.39 Å². The van der Waals surface area contributed by atoms with Crippen molar-refractivity contribution in [2.45, 2.75) is 0 Å². The molecule has 0 saturated heterocycles. The van der Waals surface area contributed by atoms with Crippen LogP contribution in [0.25, 0.3) is 0 Å². The predicted octanol–water partition coefficient (Wildman–Crippen LogP) is 4.36. The second-order valence-electron chi connectivity index (χ2n) is 3.99. The summed E-state index contributed by atoms with van der Waals surface area (Å²) in [6, 6.07) is 8.30. The number of nitrogens with one attached hydrogen (secondary N) is 1. The van der Waals surface area contributed by atoms with Crippen molar-refractivity contribution in [1.29, 1.82) is 0 Å². The van der Waals surface area contributed by atoms with Gasteiger partial charge in [0.2, 0.25) is 5.82 Å². The number of benzene rings is 2. The molecular weight excluding hydrogens is 335 g/mol. The summed E-state index contributed by atoms with van der Waals surface area (Å²) >= 11 is 3.06. The maximum Gasteiger partial charge on any atom is 0.200 e. The van der Waals surface area contributed by atoms with Crippen LogP contribution in [-0.2, 0) is 0 Å². The standard InChI is InChI=1S/C14H11BrF3NO/c15-9-6-12(17)14(18)13(7-9)20-5-4-19-11-3-1-2-10(16)8-11/h1-3,6-8,19H,4-5H2. The third kappa shape index (κ3) is 3.90. The van der Waals surface area contributed by atoms with Gasteiger partial charge in [-0.1, -0.05) is 22.0 Å². The zero-order valence-corrected chi connectivity index (χ0v) is 11.9. The van der Waals surface area contributed by atoms with E-state index in [-0.39, 0.29) is 18.2 Å². The molecule has 0 bridgehead atoms. The van der Waals surface area contributed by atoms with Crippen LogP contribution in [0.2, 0.25) is 0 Å². The summed E-state index contributed by atoms with van der Waals surface area (Å²) in [6.07, 6.45) is 0. The largest absolute Gasteiger partial charge is 0.489 e. The monoisotopic (exact) mass is 345 g/mol. The van der Waals surface area contributed by atoms with Crippen LogP contribution in [0.3, 0.4) is 0 Å². The van der Waals surface area contributed by atoms with E-state index in [4.69, 9.17) is 4.74 Å². The molecule has 0 heterocycles. The second-order valence-corrected chi connectivity index (χ2v) is 4.90. The van der Waals surface area contributed by atoms with Crippen molar-refractivity contribution < 1.29 is 17.9 Å². The van der Waals surface area contributed by atoms with Crippen LogP contribution in [0.15, 0.2) is 40.9 Å². The predicted molar refractivity (Wildman–Crippen MR) is 74.4 cm³/mol. The summed E-state index contributed by atoms with van der Waals surface area (Å²) in [5, 5.41) is 2.91. The Morgan fingerprint density at radius 2 is 1.90 bits per heavy atom. The molecular formula is C14H11BrF3NO. The minimum absolute atomic E-state index is 0.114. The molecule has 0 spiro atoms. The lowest BCUT2D eigenvalue weighted by Gasteiger charge is -2.10. The molecule has 0 atom stereocenters. The third-order valence-corrected chi connectivity index (χ3v) is 2.93. The van der Waals surface area contributed by atoms with Crippen LogP contribution in [0, 0.1) is 17.5 Å². The van der Waals surface area contributed by atoms with E-state index in [1.54, 1.807) is 12.1 Å². The Labute approximate surface area is 122 Å². The van der Waals surface area contributed by atoms with Gasteiger partial charge in [-0.15, -0.1) is 0 Å². The molecule has 20 heavy (non-hydrogen) atoms. The first kappa shape index (κ1) is 14.7. The van der Waals surface area contributed by atoms with Crippen molar-refractivity contribution in [3.8, 4) is 5.75 Å². The zero-order chi connectivity index (χ0) is 14.5. The van der Waals surface area contributed by atoms with Crippen molar-refractivity contribution in [3.05, 3.63) is 58.3 Å². The van der Waals surface area contributed by atoms with Crippen molar-refractivity contribution in [3.63, 3.8) is 0 Å². The normalized spacial score (nSPS) is 10.4. The van der Waals surface area contributed by atoms with Gasteiger partial charge in [-0.05, 0) is 30.3 Å². The van der Waals surface area contributed by atoms with Gasteiger partial charge in [0.15, 0.2) is 11.6 Å². The highest BCUT2D eigenvalue weighted by atomic mass is 79.9. The van der Waals surface area contributed by atoms with E-state index in [2.05, 4.69) is 21.2 Å². The third-order valence-electron chi connectivity index (χ3n) is 2.47. The van der Waals surface area contributed by atoms with Crippen LogP contribution < -0.4 is 10.1 Å². The van der Waals surface area contributed by atoms with E-state index in [0.29, 0.717) is 16.7 Å². The summed E-state index contributed by atoms with van der Waals surface area (Å²) in [5.74, 6) is -2.53. The number of rotatable bonds is 5. The fourth-order valence-corrected chi connectivity index (χ4v) is 2.00. The number of anilines is 1. The van der Waals surface area contributed by atoms with Crippen LogP contribution >= 0.6 is 15.9 Å². The lowest BCUT2D eigenvalue weighted by Crippen LogP contribution is -2.12. The Kier molecular flexibility index (Phi) is 4.89. The maximum atomic E-state index is 13.4. The molecule has 0 unspecified atom stereocenters. The maximum absolute atomic E-state index is 13.4. The average molecular weight is 346 g/mol. The zero-order valence-electron chi connectivity index (χ0n) is 10.3. The summed E-state index contributed by atoms with van der Waals surface area (Å²) in [6.45, 7) is 0.445. The van der Waals surface area contributed by atoms with Gasteiger partial charge in [0.05, 0.1) is 0 Å². The Morgan fingerprint density at radius 1 is 1.10 bits per heavy atom. The van der Waals surface area contributed by atoms with Crippen molar-refractivity contribution in [2.24, 2.45) is 0 Å². The Morgan fingerprint density at radius 3 is 2.65 bits per heavy atom. The molecule has 6 heteroatoms. The van der Waals surface area contributed by atoms with E-state index >= 15 is 0 Å². The fraction of sp³-hybridized carbons (Fsp3) is 0.143. The lowest BCUT2D eigenvalue weighted by atomic mass is 10.3. The van der Waals surface area contributed by atoms with Crippen LogP contribution in [0.1, 0.15) is 0 Å². The summed E-state index contributed by atoms with van der Waals surface area (Å²) in [4.78, 5) is 0. The molecule has 0 aromatic heterocycles. The lowest BCUT2D eigenvalue weighted by molar-refractivity contribution is 0.308. The first-order chi connectivity index (χ1) is 9.56. The highest BCUT2D eigenvalue weighted by molar-refractivity contribution is 9.10. The molecule has 0 aliphatic carbocycles. The van der Waals surface area contributed by atoms with Gasteiger partial charge in [0.1, 0.15) is 12.4 Å². The molecule has 0 aliphatic heterocycles. The summed E-state index contributed by atoms with van der Waals surface area (Å²) in [5.41, 5.74) is 0.592. The van der Waals surface area contributed by atoms with Crippen molar-refractivity contribution >= 4 is 21.6 Å². The van der Waals surface area contributed by atoms with Gasteiger partial charge < -0.3 is 10.1 Å². The molecule has 1 N–H and O–H groups in total. The SMILES string of the molecule is Fc1cccc(NCCOc2cc(Br)cc(F)c2F)c1. The highest BCUT2D eigenvalue weighted by Gasteiger charge is 2.10. The molecule has 106 valence electrons. The molecule has 0 saturated carbocycles. The topological polar surface area (TPSA) is 21.3 Å². The number of hydrogen-bond acceptors (Lipinski definition) is 2. The van der Waals surface area contributed by atoms with E-state index in [1.807, 2.05) is 0 Å². The molecule has 2 aromatic carbocycles. The first-order valence-corrected chi connectivity index (χ1v) is 6.62. The quantitative estimate of drug-likeness (QED) is 0.642. The van der Waals surface area contributed by atoms with Crippen molar-refractivity contribution in [2.75, 3.05) is 18.5 Å². The minimum Gasteiger partial charge on any atom is -0.489 e. The van der Waals surface area contributed by atoms with Crippen LogP contribution in [0.5, 0.6) is 5.75 Å². The van der Waals surface area contributed by atoms with E-state index in [0.717, 1.165) is 6.07 Å². The van der Waals surface area contributed by atoms with Crippen LogP contribution in [-0.4, -0.2) is 13.2 Å². The van der Waals surface area contributed by atoms with Gasteiger partial charge >= 0.3 is 0 Å². The van der Waals surface area contributed by atoms with Gasteiger partial charge in [0.25, 0.3) is 0 Å². The summed E-state index contributed by atoms with van der Waals surface area (Å²) < 4.78 is 45.0. The van der Waals surface area contributed by atoms with Gasteiger partial charge in [-0.25, -0.2) is 8.78 Å². The van der Waals surface area contributed by atoms with E-state index < -0.39 is 11.6 Å². The molecule has 0 amide bonds. The summed E-state index contributed by atoms with van der Waals surface area (Å²) in [7, 11) is 0. The average Bonchev–Trinajstić information content (AvgIpc) is 2.40. The molecule has 0 aliphatic rings. The molecule has 2 nitrogen and oxygen atoms in total. The first-order valence-electron chi connectivity index (χ1n) is 5.83. The number of hydrogen-bond donors (Lipinski definition) is 1. The second kappa shape index (κ2) is 6.65. The number of ether oxygens (including phenoxy) is 1. The van der Waals surface area contributed by atoms with E-state index in [1.165, 1.54) is 18.2 Å².